The second-order valence-corrected chi connectivity index (χ2v) is 13.1. The molecular weight excluding hydrogens is 563 g/mol. The summed E-state index contributed by atoms with van der Waals surface area (Å²) in [5, 5.41) is 0.800. The molecule has 0 radical (unpaired) electrons. The van der Waals surface area contributed by atoms with Crippen LogP contribution in [0.25, 0.3) is 0 Å². The standard InChI is InChI=1S/C29H37Cl2F2N3O4/c1-28(11-12-28)26(38)35-13-7-18(8-14-35)25(37)36-16-21(19-3-4-22(30)23(31)15-19)24(17-36)34(2)27(39)40-20-5-9-29(32,33)10-6-20/h3-4,15,18,20-21,24H,5-14,16-17H2,1-2H3/t21-,24?/m1/s1. The molecule has 0 spiro atoms. The number of amides is 3. The van der Waals surface area contributed by atoms with Gasteiger partial charge < -0.3 is 19.4 Å². The van der Waals surface area contributed by atoms with Crippen molar-refractivity contribution in [1.82, 2.24) is 14.7 Å². The molecule has 4 aliphatic rings. The first kappa shape index (κ1) is 29.4. The van der Waals surface area contributed by atoms with E-state index in [0.29, 0.717) is 49.1 Å². The third-order valence-electron chi connectivity index (χ3n) is 9.34. The van der Waals surface area contributed by atoms with Crippen LogP contribution in [0, 0.1) is 11.3 Å². The summed E-state index contributed by atoms with van der Waals surface area (Å²) >= 11 is 12.5. The van der Waals surface area contributed by atoms with Crippen LogP contribution in [0.4, 0.5) is 13.6 Å². The van der Waals surface area contributed by atoms with E-state index in [0.717, 1.165) is 18.4 Å². The molecule has 0 N–H and O–H groups in total. The van der Waals surface area contributed by atoms with Gasteiger partial charge in [0.25, 0.3) is 0 Å². The van der Waals surface area contributed by atoms with Crippen LogP contribution in [-0.4, -0.2) is 83.9 Å². The van der Waals surface area contributed by atoms with E-state index in [1.165, 1.54) is 4.90 Å². The van der Waals surface area contributed by atoms with Crippen molar-refractivity contribution < 1.29 is 27.9 Å². The minimum absolute atomic E-state index is 0.0218. The molecule has 5 rings (SSSR count). The average molecular weight is 601 g/mol. The monoisotopic (exact) mass is 599 g/mol. The minimum Gasteiger partial charge on any atom is -0.446 e. The van der Waals surface area contributed by atoms with Crippen LogP contribution < -0.4 is 0 Å². The van der Waals surface area contributed by atoms with Crippen molar-refractivity contribution >= 4 is 41.1 Å². The van der Waals surface area contributed by atoms with Gasteiger partial charge in [-0.05, 0) is 56.2 Å². The quantitative estimate of drug-likeness (QED) is 0.418. The first-order valence-corrected chi connectivity index (χ1v) is 15.0. The van der Waals surface area contributed by atoms with E-state index in [4.69, 9.17) is 27.9 Å². The van der Waals surface area contributed by atoms with Crippen molar-refractivity contribution in [3.63, 3.8) is 0 Å². The number of piperidine rings is 1. The van der Waals surface area contributed by atoms with Crippen molar-refractivity contribution in [2.75, 3.05) is 33.2 Å². The van der Waals surface area contributed by atoms with Gasteiger partial charge in [-0.3, -0.25) is 9.59 Å². The zero-order valence-corrected chi connectivity index (χ0v) is 24.5. The molecule has 4 fully saturated rings. The zero-order valence-electron chi connectivity index (χ0n) is 23.0. The predicted octanol–water partition coefficient (Wildman–Crippen LogP) is 5.97. The van der Waals surface area contributed by atoms with Crippen molar-refractivity contribution in [2.45, 2.75) is 82.3 Å². The maximum atomic E-state index is 13.7. The van der Waals surface area contributed by atoms with E-state index in [1.54, 1.807) is 24.1 Å². The Morgan fingerprint density at radius 1 is 0.950 bits per heavy atom. The van der Waals surface area contributed by atoms with Gasteiger partial charge in [-0.1, -0.05) is 36.2 Å². The Kier molecular flexibility index (Phi) is 8.28. The number of likely N-dealkylation sites (tertiary alicyclic amines) is 2. The summed E-state index contributed by atoms with van der Waals surface area (Å²) in [5.41, 5.74) is 0.633. The topological polar surface area (TPSA) is 70.2 Å². The van der Waals surface area contributed by atoms with Gasteiger partial charge in [0, 0.05) is 63.3 Å². The molecular formula is C29H37Cl2F2N3O4. The number of nitrogens with zero attached hydrogens (tertiary/aromatic N) is 3. The Bertz CT molecular complexity index is 1150. The van der Waals surface area contributed by atoms with Crippen LogP contribution in [0.15, 0.2) is 18.2 Å². The molecule has 40 heavy (non-hydrogen) atoms. The van der Waals surface area contributed by atoms with Crippen molar-refractivity contribution in [1.29, 1.82) is 0 Å². The van der Waals surface area contributed by atoms with Gasteiger partial charge in [0.15, 0.2) is 0 Å². The summed E-state index contributed by atoms with van der Waals surface area (Å²) < 4.78 is 32.8. The number of rotatable bonds is 5. The Morgan fingerprint density at radius 2 is 1.60 bits per heavy atom. The SMILES string of the molecule is CN(C(=O)OC1CCC(F)(F)CC1)C1CN(C(=O)C2CCN(C(=O)C3(C)CC3)CC2)C[C@@H]1c1ccc(Cl)c(Cl)c1. The molecule has 1 aromatic rings. The number of halogens is 4. The van der Waals surface area contributed by atoms with E-state index >= 15 is 0 Å². The number of carbonyl (C=O) groups excluding carboxylic acids is 3. The Hall–Kier alpha value is -2.13. The fourth-order valence-electron chi connectivity index (χ4n) is 6.29. The van der Waals surface area contributed by atoms with E-state index in [-0.39, 0.29) is 54.7 Å². The van der Waals surface area contributed by atoms with Gasteiger partial charge in [-0.25, -0.2) is 13.6 Å². The van der Waals surface area contributed by atoms with Gasteiger partial charge in [-0.2, -0.15) is 0 Å². The molecule has 1 aromatic carbocycles. The number of ether oxygens (including phenoxy) is 1. The molecule has 11 heteroatoms. The Balaban J connectivity index is 1.26. The fourth-order valence-corrected chi connectivity index (χ4v) is 6.60. The number of carbonyl (C=O) groups is 3. The largest absolute Gasteiger partial charge is 0.446 e. The van der Waals surface area contributed by atoms with Crippen LogP contribution in [0.1, 0.15) is 69.8 Å². The number of hydrogen-bond acceptors (Lipinski definition) is 4. The molecule has 220 valence electrons. The maximum absolute atomic E-state index is 13.7. The summed E-state index contributed by atoms with van der Waals surface area (Å²) in [4.78, 5) is 44.8. The molecule has 2 heterocycles. The van der Waals surface area contributed by atoms with Crippen LogP contribution >= 0.6 is 23.2 Å². The first-order valence-electron chi connectivity index (χ1n) is 14.2. The number of alkyl halides is 2. The molecule has 2 saturated heterocycles. The lowest BCUT2D eigenvalue weighted by Gasteiger charge is -2.35. The zero-order chi connectivity index (χ0) is 28.8. The van der Waals surface area contributed by atoms with Gasteiger partial charge >= 0.3 is 6.09 Å². The molecule has 0 aromatic heterocycles. The molecule has 2 aliphatic carbocycles. The number of hydrogen-bond donors (Lipinski definition) is 0. The molecule has 2 saturated carbocycles. The van der Waals surface area contributed by atoms with E-state index < -0.39 is 24.2 Å². The normalized spacial score (nSPS) is 26.4. The number of likely N-dealkylation sites (N-methyl/N-ethyl adjacent to an activating group) is 1. The molecule has 1 unspecified atom stereocenters. The lowest BCUT2D eigenvalue weighted by Crippen LogP contribution is -2.47. The van der Waals surface area contributed by atoms with E-state index in [2.05, 4.69) is 0 Å². The summed E-state index contributed by atoms with van der Waals surface area (Å²) in [6, 6.07) is 4.93. The smallest absolute Gasteiger partial charge is 0.410 e. The fraction of sp³-hybridized carbons (Fsp3) is 0.690. The predicted molar refractivity (Wildman–Crippen MR) is 148 cm³/mol. The van der Waals surface area contributed by atoms with Gasteiger partial charge in [0.2, 0.25) is 17.7 Å². The lowest BCUT2D eigenvalue weighted by molar-refractivity contribution is -0.142. The third kappa shape index (κ3) is 6.20. The summed E-state index contributed by atoms with van der Waals surface area (Å²) in [6.45, 7) is 3.86. The van der Waals surface area contributed by atoms with Crippen molar-refractivity contribution in [2.24, 2.45) is 11.3 Å². The maximum Gasteiger partial charge on any atom is 0.410 e. The highest BCUT2D eigenvalue weighted by atomic mass is 35.5. The summed E-state index contributed by atoms with van der Waals surface area (Å²) in [7, 11) is 1.63. The highest BCUT2D eigenvalue weighted by molar-refractivity contribution is 6.42. The molecule has 0 bridgehead atoms. The Morgan fingerprint density at radius 3 is 2.20 bits per heavy atom. The summed E-state index contributed by atoms with van der Waals surface area (Å²) in [6.07, 6.45) is 1.61. The van der Waals surface area contributed by atoms with Gasteiger partial charge in [-0.15, -0.1) is 0 Å². The van der Waals surface area contributed by atoms with Crippen LogP contribution in [0.3, 0.4) is 0 Å². The first-order chi connectivity index (χ1) is 18.9. The minimum atomic E-state index is -2.71. The average Bonchev–Trinajstić information content (AvgIpc) is 3.53. The molecule has 3 amide bonds. The van der Waals surface area contributed by atoms with E-state index in [1.807, 2.05) is 17.9 Å². The second-order valence-electron chi connectivity index (χ2n) is 12.3. The summed E-state index contributed by atoms with van der Waals surface area (Å²) in [5.74, 6) is -2.91. The van der Waals surface area contributed by atoms with Crippen molar-refractivity contribution in [3.05, 3.63) is 33.8 Å². The van der Waals surface area contributed by atoms with Crippen LogP contribution in [0.5, 0.6) is 0 Å². The Labute approximate surface area is 244 Å². The second kappa shape index (κ2) is 11.3. The highest BCUT2D eigenvalue weighted by Crippen LogP contribution is 2.47. The number of benzene rings is 1. The molecule has 2 aliphatic heterocycles. The van der Waals surface area contributed by atoms with Crippen molar-refractivity contribution in [3.8, 4) is 0 Å². The lowest BCUT2D eigenvalue weighted by atomic mass is 9.93. The molecule has 2 atom stereocenters. The highest BCUT2D eigenvalue weighted by Gasteiger charge is 2.48. The third-order valence-corrected chi connectivity index (χ3v) is 10.1. The van der Waals surface area contributed by atoms with Gasteiger partial charge in [0.05, 0.1) is 16.1 Å². The molecule has 7 nitrogen and oxygen atoms in total. The van der Waals surface area contributed by atoms with Gasteiger partial charge in [0.1, 0.15) is 6.10 Å². The van der Waals surface area contributed by atoms with E-state index in [9.17, 15) is 23.2 Å². The van der Waals surface area contributed by atoms with Crippen LogP contribution in [0.2, 0.25) is 10.0 Å². The van der Waals surface area contributed by atoms with Crippen LogP contribution in [-0.2, 0) is 14.3 Å².